The van der Waals surface area contributed by atoms with E-state index in [-0.39, 0.29) is 0 Å². The van der Waals surface area contributed by atoms with E-state index in [4.69, 9.17) is 0 Å². The van der Waals surface area contributed by atoms with Crippen molar-refractivity contribution in [2.45, 2.75) is 6.04 Å². The fraction of sp³-hybridized carbons (Fsp3) is 0.294. The fourth-order valence-corrected chi connectivity index (χ4v) is 3.36. The molecule has 20 heavy (non-hydrogen) atoms. The van der Waals surface area contributed by atoms with Crippen LogP contribution in [-0.2, 0) is 0 Å². The second-order valence-corrected chi connectivity index (χ2v) is 5.98. The fourth-order valence-electron chi connectivity index (χ4n) is 2.86. The van der Waals surface area contributed by atoms with E-state index in [2.05, 4.69) is 80.7 Å². The molecule has 1 N–H and O–H groups in total. The highest BCUT2D eigenvalue weighted by Gasteiger charge is 2.24. The molecule has 1 heterocycles. The van der Waals surface area contributed by atoms with Crippen molar-refractivity contribution in [1.29, 1.82) is 0 Å². The Morgan fingerprint density at radius 1 is 0.900 bits per heavy atom. The summed E-state index contributed by atoms with van der Waals surface area (Å²) in [5, 5.41) is 3.43. The van der Waals surface area contributed by atoms with Crippen LogP contribution in [0, 0.1) is 0 Å². The third-order valence-corrected chi connectivity index (χ3v) is 4.55. The lowest BCUT2D eigenvalue weighted by Gasteiger charge is -2.36. The van der Waals surface area contributed by atoms with Gasteiger partial charge in [0.25, 0.3) is 0 Å². The highest BCUT2D eigenvalue weighted by atomic mass is 79.9. The molecule has 0 bridgehead atoms. The normalized spacial score (nSPS) is 17.9. The Kier molecular flexibility index (Phi) is 4.51. The van der Waals surface area contributed by atoms with Crippen molar-refractivity contribution in [3.05, 3.63) is 70.2 Å². The van der Waals surface area contributed by atoms with Crippen molar-refractivity contribution in [2.24, 2.45) is 0 Å². The van der Waals surface area contributed by atoms with Crippen LogP contribution in [0.5, 0.6) is 0 Å². The van der Waals surface area contributed by atoms with Crippen LogP contribution in [0.4, 0.5) is 0 Å². The Morgan fingerprint density at radius 2 is 1.55 bits per heavy atom. The summed E-state index contributed by atoms with van der Waals surface area (Å²) in [6, 6.07) is 19.7. The standard InChI is InChI=1S/C17H19BrN2/c18-16-9-5-4-8-15(16)17(14-6-2-1-3-7-14)20-12-10-19-11-13-20/h1-9,17,19H,10-13H2/t17-/m0/s1. The third kappa shape index (κ3) is 2.95. The smallest absolute Gasteiger partial charge is 0.0613 e. The number of nitrogens with one attached hydrogen (secondary N) is 1. The summed E-state index contributed by atoms with van der Waals surface area (Å²) >= 11 is 3.72. The molecule has 0 saturated carbocycles. The van der Waals surface area contributed by atoms with Crippen LogP contribution in [0.3, 0.4) is 0 Å². The molecule has 1 aliphatic rings. The van der Waals surface area contributed by atoms with E-state index >= 15 is 0 Å². The molecule has 3 rings (SSSR count). The van der Waals surface area contributed by atoms with E-state index in [0.717, 1.165) is 26.2 Å². The predicted molar refractivity (Wildman–Crippen MR) is 86.9 cm³/mol. The van der Waals surface area contributed by atoms with Crippen LogP contribution < -0.4 is 5.32 Å². The molecule has 3 heteroatoms. The number of halogens is 1. The minimum Gasteiger partial charge on any atom is -0.314 e. The number of nitrogens with zero attached hydrogens (tertiary/aromatic N) is 1. The topological polar surface area (TPSA) is 15.3 Å². The van der Waals surface area contributed by atoms with Crippen molar-refractivity contribution < 1.29 is 0 Å². The molecule has 1 atom stereocenters. The molecule has 0 spiro atoms. The molecule has 0 aromatic heterocycles. The van der Waals surface area contributed by atoms with Crippen LogP contribution in [0.1, 0.15) is 17.2 Å². The van der Waals surface area contributed by atoms with E-state index < -0.39 is 0 Å². The van der Waals surface area contributed by atoms with Gasteiger partial charge in [0.2, 0.25) is 0 Å². The summed E-state index contributed by atoms with van der Waals surface area (Å²) < 4.78 is 1.19. The predicted octanol–water partition coefficient (Wildman–Crippen LogP) is 3.44. The van der Waals surface area contributed by atoms with Crippen LogP contribution >= 0.6 is 15.9 Å². The molecule has 2 nitrogen and oxygen atoms in total. The summed E-state index contributed by atoms with van der Waals surface area (Å²) in [6.07, 6.45) is 0. The zero-order chi connectivity index (χ0) is 13.8. The molecule has 0 radical (unpaired) electrons. The van der Waals surface area contributed by atoms with Crippen LogP contribution in [-0.4, -0.2) is 31.1 Å². The molecule has 2 aromatic rings. The van der Waals surface area contributed by atoms with Gasteiger partial charge in [-0.3, -0.25) is 4.90 Å². The molecule has 0 unspecified atom stereocenters. The Labute approximate surface area is 128 Å². The molecule has 2 aromatic carbocycles. The van der Waals surface area contributed by atoms with Gasteiger partial charge in [0.1, 0.15) is 0 Å². The second kappa shape index (κ2) is 6.53. The Balaban J connectivity index is 2.01. The largest absolute Gasteiger partial charge is 0.314 e. The summed E-state index contributed by atoms with van der Waals surface area (Å²) in [5.74, 6) is 0. The van der Waals surface area contributed by atoms with Gasteiger partial charge >= 0.3 is 0 Å². The monoisotopic (exact) mass is 330 g/mol. The lowest BCUT2D eigenvalue weighted by molar-refractivity contribution is 0.198. The molecule has 1 aliphatic heterocycles. The Bertz CT molecular complexity index is 550. The van der Waals surface area contributed by atoms with Crippen molar-refractivity contribution in [1.82, 2.24) is 10.2 Å². The van der Waals surface area contributed by atoms with Crippen LogP contribution in [0.2, 0.25) is 0 Å². The van der Waals surface area contributed by atoms with Gasteiger partial charge < -0.3 is 5.32 Å². The van der Waals surface area contributed by atoms with Crippen molar-refractivity contribution in [3.8, 4) is 0 Å². The number of hydrogen-bond acceptors (Lipinski definition) is 2. The van der Waals surface area contributed by atoms with Crippen LogP contribution in [0.15, 0.2) is 59.1 Å². The Morgan fingerprint density at radius 3 is 2.25 bits per heavy atom. The summed E-state index contributed by atoms with van der Waals surface area (Å²) in [5.41, 5.74) is 2.71. The van der Waals surface area contributed by atoms with E-state index in [1.165, 1.54) is 15.6 Å². The van der Waals surface area contributed by atoms with Crippen LogP contribution in [0.25, 0.3) is 0 Å². The van der Waals surface area contributed by atoms with Gasteiger partial charge in [0.15, 0.2) is 0 Å². The van der Waals surface area contributed by atoms with Crippen molar-refractivity contribution in [2.75, 3.05) is 26.2 Å². The minimum absolute atomic E-state index is 0.328. The maximum atomic E-state index is 3.72. The molecular weight excluding hydrogens is 312 g/mol. The third-order valence-electron chi connectivity index (χ3n) is 3.83. The summed E-state index contributed by atoms with van der Waals surface area (Å²) in [4.78, 5) is 2.56. The van der Waals surface area contributed by atoms with Gasteiger partial charge in [0, 0.05) is 30.7 Å². The Hall–Kier alpha value is -1.16. The van der Waals surface area contributed by atoms with E-state index in [1.807, 2.05) is 0 Å². The number of benzene rings is 2. The zero-order valence-corrected chi connectivity index (χ0v) is 13.0. The first-order chi connectivity index (χ1) is 9.86. The number of piperazine rings is 1. The summed E-state index contributed by atoms with van der Waals surface area (Å²) in [6.45, 7) is 4.30. The number of rotatable bonds is 3. The molecular formula is C17H19BrN2. The lowest BCUT2D eigenvalue weighted by atomic mass is 9.96. The quantitative estimate of drug-likeness (QED) is 0.927. The van der Waals surface area contributed by atoms with Gasteiger partial charge in [-0.2, -0.15) is 0 Å². The minimum atomic E-state index is 0.328. The number of hydrogen-bond donors (Lipinski definition) is 1. The van der Waals surface area contributed by atoms with Gasteiger partial charge in [-0.15, -0.1) is 0 Å². The maximum Gasteiger partial charge on any atom is 0.0613 e. The lowest BCUT2D eigenvalue weighted by Crippen LogP contribution is -2.45. The average Bonchev–Trinajstić information content (AvgIpc) is 2.52. The van der Waals surface area contributed by atoms with E-state index in [1.54, 1.807) is 0 Å². The maximum absolute atomic E-state index is 3.72. The zero-order valence-electron chi connectivity index (χ0n) is 11.4. The second-order valence-electron chi connectivity index (χ2n) is 5.12. The molecule has 1 saturated heterocycles. The molecule has 1 fully saturated rings. The van der Waals surface area contributed by atoms with E-state index in [0.29, 0.717) is 6.04 Å². The first-order valence-corrected chi connectivity index (χ1v) is 7.90. The van der Waals surface area contributed by atoms with Gasteiger partial charge in [-0.25, -0.2) is 0 Å². The molecule has 104 valence electrons. The first-order valence-electron chi connectivity index (χ1n) is 7.10. The van der Waals surface area contributed by atoms with E-state index in [9.17, 15) is 0 Å². The molecule has 0 amide bonds. The SMILES string of the molecule is Brc1ccccc1[C@H](c1ccccc1)N1CCNCC1. The van der Waals surface area contributed by atoms with Gasteiger partial charge in [-0.05, 0) is 17.2 Å². The molecule has 0 aliphatic carbocycles. The first kappa shape index (κ1) is 13.8. The van der Waals surface area contributed by atoms with Gasteiger partial charge in [-0.1, -0.05) is 64.5 Å². The highest BCUT2D eigenvalue weighted by molar-refractivity contribution is 9.10. The summed E-state index contributed by atoms with van der Waals surface area (Å²) in [7, 11) is 0. The van der Waals surface area contributed by atoms with Crippen molar-refractivity contribution >= 4 is 15.9 Å². The van der Waals surface area contributed by atoms with Crippen molar-refractivity contribution in [3.63, 3.8) is 0 Å². The highest BCUT2D eigenvalue weighted by Crippen LogP contribution is 2.33. The van der Waals surface area contributed by atoms with Gasteiger partial charge in [0.05, 0.1) is 6.04 Å². The average molecular weight is 331 g/mol.